The third-order valence-corrected chi connectivity index (χ3v) is 11.0. The molecular formula is C31H46O6. The third-order valence-electron chi connectivity index (χ3n) is 11.0. The lowest BCUT2D eigenvalue weighted by Gasteiger charge is -2.59. The van der Waals surface area contributed by atoms with Gasteiger partial charge in [-0.2, -0.15) is 0 Å². The van der Waals surface area contributed by atoms with Crippen LogP contribution in [0.4, 0.5) is 0 Å². The molecule has 4 rings (SSSR count). The number of ether oxygens (including phenoxy) is 1. The first kappa shape index (κ1) is 28.2. The summed E-state index contributed by atoms with van der Waals surface area (Å²) >= 11 is 0. The molecule has 3 fully saturated rings. The Bertz CT molecular complexity index is 951. The molecule has 0 aromatic carbocycles. The highest BCUT2D eigenvalue weighted by Crippen LogP contribution is 2.68. The number of aliphatic hydroxyl groups excluding tert-OH is 1. The molecule has 0 heterocycles. The number of aliphatic hydroxyl groups is 1. The number of rotatable bonds is 11. The molecule has 3 saturated carbocycles. The van der Waals surface area contributed by atoms with Crippen molar-refractivity contribution < 1.29 is 29.0 Å². The molecule has 0 bridgehead atoms. The second-order valence-electron chi connectivity index (χ2n) is 12.8. The Kier molecular flexibility index (Phi) is 8.47. The highest BCUT2D eigenvalue weighted by molar-refractivity contribution is 5.92. The summed E-state index contributed by atoms with van der Waals surface area (Å²) in [5.41, 5.74) is 0.0682. The summed E-state index contributed by atoms with van der Waals surface area (Å²) in [6, 6.07) is 0. The van der Waals surface area contributed by atoms with Crippen LogP contribution in [0.5, 0.6) is 0 Å². The first-order valence-electron chi connectivity index (χ1n) is 14.7. The number of carbonyl (C=O) groups is 4. The lowest BCUT2D eigenvalue weighted by atomic mass is 9.46. The van der Waals surface area contributed by atoms with Gasteiger partial charge in [0.25, 0.3) is 0 Å². The summed E-state index contributed by atoms with van der Waals surface area (Å²) in [5.74, 6) is 1.28. The SMILES string of the molecule is CC(=O)[C@@]1(OC(=O)CCCCCCCC(=O)CO)CC[C@H]2[C@@H]3CCC4=CC(=O)CC[C@]4(C)[C@H]3CC[C@@]21C. The van der Waals surface area contributed by atoms with Crippen LogP contribution in [-0.2, 0) is 23.9 Å². The molecule has 4 aliphatic rings. The zero-order valence-corrected chi connectivity index (χ0v) is 23.1. The number of unbranched alkanes of at least 4 members (excludes halogenated alkanes) is 4. The number of allylic oxidation sites excluding steroid dienone is 1. The number of Topliss-reactive ketones (excluding diaryl/α,β-unsaturated/α-hetero) is 2. The van der Waals surface area contributed by atoms with Crippen molar-refractivity contribution in [3.05, 3.63) is 11.6 Å². The van der Waals surface area contributed by atoms with Crippen molar-refractivity contribution in [3.8, 4) is 0 Å². The van der Waals surface area contributed by atoms with Crippen LogP contribution in [0.1, 0.15) is 117 Å². The molecule has 206 valence electrons. The van der Waals surface area contributed by atoms with Crippen LogP contribution in [0.25, 0.3) is 0 Å². The maximum atomic E-state index is 13.2. The molecule has 6 heteroatoms. The Morgan fingerprint density at radius 3 is 2.30 bits per heavy atom. The van der Waals surface area contributed by atoms with Gasteiger partial charge < -0.3 is 9.84 Å². The van der Waals surface area contributed by atoms with Crippen molar-refractivity contribution in [2.75, 3.05) is 6.61 Å². The molecule has 0 aromatic rings. The van der Waals surface area contributed by atoms with Gasteiger partial charge in [-0.05, 0) is 94.0 Å². The molecule has 0 amide bonds. The van der Waals surface area contributed by atoms with Crippen molar-refractivity contribution in [2.24, 2.45) is 28.6 Å². The molecule has 1 N–H and O–H groups in total. The van der Waals surface area contributed by atoms with Crippen molar-refractivity contribution in [1.29, 1.82) is 0 Å². The maximum absolute atomic E-state index is 13.2. The third kappa shape index (κ3) is 5.12. The average molecular weight is 515 g/mol. The maximum Gasteiger partial charge on any atom is 0.306 e. The van der Waals surface area contributed by atoms with Gasteiger partial charge in [0.2, 0.25) is 0 Å². The molecule has 0 aromatic heterocycles. The Hall–Kier alpha value is -1.82. The average Bonchev–Trinajstić information content (AvgIpc) is 3.16. The van der Waals surface area contributed by atoms with Gasteiger partial charge in [0, 0.05) is 24.7 Å². The lowest BCUT2D eigenvalue weighted by Crippen LogP contribution is -2.58. The fraction of sp³-hybridized carbons (Fsp3) is 0.806. The lowest BCUT2D eigenvalue weighted by molar-refractivity contribution is -0.189. The van der Waals surface area contributed by atoms with Crippen molar-refractivity contribution in [1.82, 2.24) is 0 Å². The Balaban J connectivity index is 1.38. The van der Waals surface area contributed by atoms with Gasteiger partial charge in [-0.1, -0.05) is 38.7 Å². The Labute approximate surface area is 222 Å². The summed E-state index contributed by atoms with van der Waals surface area (Å²) in [6.45, 7) is 5.80. The highest BCUT2D eigenvalue weighted by Gasteiger charge is 2.67. The van der Waals surface area contributed by atoms with Crippen LogP contribution in [0.2, 0.25) is 0 Å². The summed E-state index contributed by atoms with van der Waals surface area (Å²) < 4.78 is 6.22. The van der Waals surface area contributed by atoms with E-state index in [1.807, 2.05) is 6.08 Å². The topological polar surface area (TPSA) is 97.7 Å². The van der Waals surface area contributed by atoms with Gasteiger partial charge in [-0.15, -0.1) is 0 Å². The summed E-state index contributed by atoms with van der Waals surface area (Å²) in [5, 5.41) is 8.79. The van der Waals surface area contributed by atoms with Gasteiger partial charge in [-0.25, -0.2) is 0 Å². The fourth-order valence-corrected chi connectivity index (χ4v) is 8.82. The second kappa shape index (κ2) is 11.1. The largest absolute Gasteiger partial charge is 0.450 e. The predicted molar refractivity (Wildman–Crippen MR) is 141 cm³/mol. The number of carbonyl (C=O) groups excluding carboxylic acids is 4. The molecule has 0 radical (unpaired) electrons. The first-order valence-corrected chi connectivity index (χ1v) is 14.7. The number of esters is 1. The van der Waals surface area contributed by atoms with Gasteiger partial charge in [-0.3, -0.25) is 19.2 Å². The van der Waals surface area contributed by atoms with Gasteiger partial charge >= 0.3 is 5.97 Å². The van der Waals surface area contributed by atoms with Crippen LogP contribution in [-0.4, -0.2) is 40.6 Å². The quantitative estimate of drug-likeness (QED) is 0.281. The van der Waals surface area contributed by atoms with Crippen molar-refractivity contribution in [2.45, 2.75) is 123 Å². The van der Waals surface area contributed by atoms with Crippen LogP contribution >= 0.6 is 0 Å². The van der Waals surface area contributed by atoms with E-state index in [2.05, 4.69) is 13.8 Å². The molecule has 0 saturated heterocycles. The van der Waals surface area contributed by atoms with E-state index in [0.717, 1.165) is 70.6 Å². The first-order chi connectivity index (χ1) is 17.6. The Morgan fingerprint density at radius 1 is 0.919 bits per heavy atom. The predicted octanol–water partition coefficient (Wildman–Crippen LogP) is 5.68. The smallest absolute Gasteiger partial charge is 0.306 e. The van der Waals surface area contributed by atoms with E-state index in [1.54, 1.807) is 6.92 Å². The monoisotopic (exact) mass is 514 g/mol. The molecular weight excluding hydrogens is 468 g/mol. The summed E-state index contributed by atoms with van der Waals surface area (Å²) in [7, 11) is 0. The zero-order valence-electron chi connectivity index (χ0n) is 23.1. The van der Waals surface area contributed by atoms with Crippen molar-refractivity contribution >= 4 is 23.3 Å². The minimum atomic E-state index is -1.02. The molecule has 37 heavy (non-hydrogen) atoms. The van der Waals surface area contributed by atoms with E-state index in [9.17, 15) is 19.2 Å². The standard InChI is InChI=1S/C31H46O6/c1-21(33)31(37-28(36)10-8-6-4-5-7-9-24(35)20-32)18-15-27-25-12-11-22-19-23(34)13-16-29(22,2)26(25)14-17-30(27,31)3/h19,25-27,32H,4-18,20H2,1-3H3/t25-,26+,27+,29+,30+,31+/m1/s1. The number of hydrogen-bond acceptors (Lipinski definition) is 6. The van der Waals surface area contributed by atoms with Crippen LogP contribution in [0, 0.1) is 28.6 Å². The molecule has 0 spiro atoms. The molecule has 6 atom stereocenters. The van der Waals surface area contributed by atoms with E-state index in [1.165, 1.54) is 5.57 Å². The molecule has 0 unspecified atom stereocenters. The van der Waals surface area contributed by atoms with Gasteiger partial charge in [0.1, 0.15) is 6.61 Å². The normalized spacial score (nSPS) is 36.7. The number of fused-ring (bicyclic) bond motifs is 5. The highest BCUT2D eigenvalue weighted by atomic mass is 16.6. The minimum absolute atomic E-state index is 0.0104. The molecule has 0 aliphatic heterocycles. The zero-order chi connectivity index (χ0) is 26.8. The van der Waals surface area contributed by atoms with Crippen LogP contribution < -0.4 is 0 Å². The van der Waals surface area contributed by atoms with Gasteiger partial charge in [0.15, 0.2) is 23.0 Å². The van der Waals surface area contributed by atoms with Crippen molar-refractivity contribution in [3.63, 3.8) is 0 Å². The van der Waals surface area contributed by atoms with E-state index < -0.39 is 5.60 Å². The van der Waals surface area contributed by atoms with Crippen LogP contribution in [0.15, 0.2) is 11.6 Å². The minimum Gasteiger partial charge on any atom is -0.450 e. The van der Waals surface area contributed by atoms with E-state index in [4.69, 9.17) is 9.84 Å². The van der Waals surface area contributed by atoms with E-state index >= 15 is 0 Å². The number of hydrogen-bond donors (Lipinski definition) is 1. The molecule has 4 aliphatic carbocycles. The summed E-state index contributed by atoms with van der Waals surface area (Å²) in [4.78, 5) is 49.5. The molecule has 6 nitrogen and oxygen atoms in total. The van der Waals surface area contributed by atoms with Crippen LogP contribution in [0.3, 0.4) is 0 Å². The van der Waals surface area contributed by atoms with E-state index in [0.29, 0.717) is 43.4 Å². The Morgan fingerprint density at radius 2 is 1.59 bits per heavy atom. The van der Waals surface area contributed by atoms with Gasteiger partial charge in [0.05, 0.1) is 0 Å². The fourth-order valence-electron chi connectivity index (χ4n) is 8.82. The number of ketones is 3. The van der Waals surface area contributed by atoms with E-state index in [-0.39, 0.29) is 40.8 Å². The second-order valence-corrected chi connectivity index (χ2v) is 12.8. The summed E-state index contributed by atoms with van der Waals surface area (Å²) in [6.07, 6.45) is 13.9.